The van der Waals surface area contributed by atoms with Crippen LogP contribution in [-0.4, -0.2) is 36.7 Å². The van der Waals surface area contributed by atoms with Crippen molar-refractivity contribution in [3.8, 4) is 0 Å². The largest absolute Gasteiger partial charge is 0.421 e. The number of halogens is 3. The molecule has 2 aromatic rings. The molecule has 3 rings (SSSR count). The van der Waals surface area contributed by atoms with E-state index in [1.54, 1.807) is 24.3 Å². The van der Waals surface area contributed by atoms with Crippen molar-refractivity contribution in [3.63, 3.8) is 0 Å². The van der Waals surface area contributed by atoms with Crippen LogP contribution in [0.4, 0.5) is 30.6 Å². The van der Waals surface area contributed by atoms with Gasteiger partial charge in [0.2, 0.25) is 5.95 Å². The van der Waals surface area contributed by atoms with Gasteiger partial charge in [0.15, 0.2) is 0 Å². The first-order valence-corrected chi connectivity index (χ1v) is 10.6. The van der Waals surface area contributed by atoms with E-state index in [9.17, 15) is 22.5 Å². The first-order valence-electron chi connectivity index (χ1n) is 9.02. The van der Waals surface area contributed by atoms with E-state index in [-0.39, 0.29) is 11.2 Å². The number of anilines is 3. The number of nitrogens with zero attached hydrogens (tertiary/aromatic N) is 2. The number of hydrogen-bond donors (Lipinski definition) is 4. The van der Waals surface area contributed by atoms with Crippen molar-refractivity contribution < 1.29 is 22.5 Å². The molecule has 4 N–H and O–H groups in total. The highest BCUT2D eigenvalue weighted by atomic mass is 32.2. The fraction of sp³-hybridized carbons (Fsp3) is 0.444. The Morgan fingerprint density at radius 2 is 1.86 bits per heavy atom. The molecule has 0 amide bonds. The van der Waals surface area contributed by atoms with Crippen LogP contribution < -0.4 is 10.6 Å². The number of aromatic nitrogens is 2. The summed E-state index contributed by atoms with van der Waals surface area (Å²) in [6, 6.07) is 5.63. The van der Waals surface area contributed by atoms with E-state index in [1.165, 1.54) is 13.8 Å². The van der Waals surface area contributed by atoms with E-state index in [0.717, 1.165) is 12.8 Å². The van der Waals surface area contributed by atoms with Gasteiger partial charge in [-0.05, 0) is 51.0 Å². The van der Waals surface area contributed by atoms with Gasteiger partial charge in [0, 0.05) is 22.0 Å². The molecule has 1 fully saturated rings. The Kier molecular flexibility index (Phi) is 5.72. The Labute approximate surface area is 166 Å². The summed E-state index contributed by atoms with van der Waals surface area (Å²) >= 11 is 0. The second-order valence-electron chi connectivity index (χ2n) is 7.08. The third-order valence-corrected chi connectivity index (χ3v) is 7.02. The van der Waals surface area contributed by atoms with Gasteiger partial charge in [0.05, 0.1) is 21.9 Å². The van der Waals surface area contributed by atoms with Crippen molar-refractivity contribution in [1.29, 1.82) is 4.78 Å². The van der Waals surface area contributed by atoms with Crippen molar-refractivity contribution in [2.75, 3.05) is 10.6 Å². The van der Waals surface area contributed by atoms with Gasteiger partial charge >= 0.3 is 6.18 Å². The summed E-state index contributed by atoms with van der Waals surface area (Å²) in [5.74, 6) is -0.511. The Balaban J connectivity index is 1.83. The quantitative estimate of drug-likeness (QED) is 0.530. The van der Waals surface area contributed by atoms with Crippen LogP contribution in [0.15, 0.2) is 35.4 Å². The monoisotopic (exact) mass is 429 g/mol. The van der Waals surface area contributed by atoms with Gasteiger partial charge in [-0.2, -0.15) is 18.2 Å². The summed E-state index contributed by atoms with van der Waals surface area (Å²) in [5.41, 5.74) is -0.557. The van der Waals surface area contributed by atoms with Crippen LogP contribution in [0.5, 0.6) is 0 Å². The van der Waals surface area contributed by atoms with Crippen LogP contribution in [0.25, 0.3) is 0 Å². The standard InChI is InChI=1S/C18H22F3N5O2S/c1-10(11(2)27)24-16-15(18(19,20)21)9-23-17(26-16)25-12-3-5-13(6-4-12)29(22,28)14-7-8-14/h3-6,9-11,14,22,27H,7-8H2,1-2H3,(H2,23,24,25,26)/t10-,11-,29?/m1/s1. The van der Waals surface area contributed by atoms with Gasteiger partial charge in [0.1, 0.15) is 11.4 Å². The van der Waals surface area contributed by atoms with Crippen molar-refractivity contribution >= 4 is 27.2 Å². The molecule has 29 heavy (non-hydrogen) atoms. The van der Waals surface area contributed by atoms with Crippen LogP contribution in [0, 0.1) is 4.78 Å². The summed E-state index contributed by atoms with van der Waals surface area (Å²) in [7, 11) is -2.82. The highest BCUT2D eigenvalue weighted by Gasteiger charge is 2.36. The Morgan fingerprint density at radius 3 is 2.38 bits per heavy atom. The smallest absolute Gasteiger partial charge is 0.391 e. The fourth-order valence-corrected chi connectivity index (χ4v) is 4.28. The molecule has 1 heterocycles. The third kappa shape index (κ3) is 4.96. The number of nitrogens with one attached hydrogen (secondary N) is 3. The SMILES string of the molecule is C[C@@H](O)[C@@H](C)Nc1nc(Nc2ccc(S(=N)(=O)C3CC3)cc2)ncc1C(F)(F)F. The molecule has 1 aromatic heterocycles. The van der Waals surface area contributed by atoms with Crippen LogP contribution in [-0.2, 0) is 15.9 Å². The molecule has 7 nitrogen and oxygen atoms in total. The van der Waals surface area contributed by atoms with E-state index in [1.807, 2.05) is 0 Å². The Hall–Kier alpha value is -2.40. The highest BCUT2D eigenvalue weighted by molar-refractivity contribution is 7.93. The summed E-state index contributed by atoms with van der Waals surface area (Å²) in [6.07, 6.45) is -3.31. The van der Waals surface area contributed by atoms with Gasteiger partial charge in [-0.15, -0.1) is 0 Å². The molecule has 1 aliphatic rings. The van der Waals surface area contributed by atoms with Gasteiger partial charge in [-0.1, -0.05) is 0 Å². The number of rotatable bonds is 7. The molecule has 0 spiro atoms. The van der Waals surface area contributed by atoms with Gasteiger partial charge in [-0.25, -0.2) is 14.0 Å². The molecule has 3 atom stereocenters. The van der Waals surface area contributed by atoms with E-state index >= 15 is 0 Å². The number of alkyl halides is 3. The van der Waals surface area contributed by atoms with Crippen LogP contribution in [0.2, 0.25) is 0 Å². The maximum atomic E-state index is 13.2. The Morgan fingerprint density at radius 1 is 1.24 bits per heavy atom. The fourth-order valence-electron chi connectivity index (χ4n) is 2.56. The lowest BCUT2D eigenvalue weighted by Crippen LogP contribution is -2.29. The molecule has 1 aliphatic carbocycles. The number of benzene rings is 1. The normalized spacial score (nSPS) is 18.6. The van der Waals surface area contributed by atoms with Crippen molar-refractivity contribution in [3.05, 3.63) is 36.0 Å². The molecule has 158 valence electrons. The second-order valence-corrected chi connectivity index (χ2v) is 9.42. The first kappa shape index (κ1) is 21.3. The van der Waals surface area contributed by atoms with Gasteiger partial charge in [-0.3, -0.25) is 0 Å². The predicted octanol–water partition coefficient (Wildman–Crippen LogP) is 3.99. The number of aliphatic hydroxyl groups is 1. The minimum absolute atomic E-state index is 0.0696. The average molecular weight is 429 g/mol. The third-order valence-electron chi connectivity index (χ3n) is 4.64. The highest BCUT2D eigenvalue weighted by Crippen LogP contribution is 2.36. The molecule has 11 heteroatoms. The molecule has 1 saturated carbocycles. The molecule has 1 aromatic carbocycles. The lowest BCUT2D eigenvalue weighted by atomic mass is 10.2. The zero-order valence-electron chi connectivity index (χ0n) is 15.8. The van der Waals surface area contributed by atoms with E-state index in [4.69, 9.17) is 4.78 Å². The molecular formula is C18H22F3N5O2S. The molecule has 1 unspecified atom stereocenters. The Bertz CT molecular complexity index is 974. The lowest BCUT2D eigenvalue weighted by molar-refractivity contribution is -0.137. The zero-order chi connectivity index (χ0) is 21.4. The lowest BCUT2D eigenvalue weighted by Gasteiger charge is -2.20. The van der Waals surface area contributed by atoms with Gasteiger partial charge < -0.3 is 15.7 Å². The minimum Gasteiger partial charge on any atom is -0.391 e. The van der Waals surface area contributed by atoms with E-state index < -0.39 is 39.4 Å². The number of hydrogen-bond acceptors (Lipinski definition) is 7. The molecule has 0 bridgehead atoms. The molecule has 0 radical (unpaired) electrons. The molecule has 0 saturated heterocycles. The van der Waals surface area contributed by atoms with Crippen molar-refractivity contribution in [2.24, 2.45) is 0 Å². The maximum Gasteiger partial charge on any atom is 0.421 e. The van der Waals surface area contributed by atoms with Crippen LogP contribution in [0.1, 0.15) is 32.3 Å². The predicted molar refractivity (Wildman–Crippen MR) is 104 cm³/mol. The van der Waals surface area contributed by atoms with E-state index in [2.05, 4.69) is 20.6 Å². The second kappa shape index (κ2) is 7.79. The number of aliphatic hydroxyl groups excluding tert-OH is 1. The van der Waals surface area contributed by atoms with E-state index in [0.29, 0.717) is 16.8 Å². The zero-order valence-corrected chi connectivity index (χ0v) is 16.6. The van der Waals surface area contributed by atoms with Crippen molar-refractivity contribution in [1.82, 2.24) is 9.97 Å². The average Bonchev–Trinajstić information content (AvgIpc) is 3.47. The van der Waals surface area contributed by atoms with Crippen LogP contribution in [0.3, 0.4) is 0 Å². The molecular weight excluding hydrogens is 407 g/mol. The summed E-state index contributed by atoms with van der Waals surface area (Å²) < 4.78 is 60.2. The van der Waals surface area contributed by atoms with Crippen LogP contribution >= 0.6 is 0 Å². The summed E-state index contributed by atoms with van der Waals surface area (Å²) in [6.45, 7) is 3.00. The topological polar surface area (TPSA) is 111 Å². The summed E-state index contributed by atoms with van der Waals surface area (Å²) in [4.78, 5) is 8.06. The summed E-state index contributed by atoms with van der Waals surface area (Å²) in [5, 5.41) is 14.8. The van der Waals surface area contributed by atoms with Crippen molar-refractivity contribution in [2.45, 2.75) is 55.2 Å². The first-order chi connectivity index (χ1) is 13.5. The minimum atomic E-state index is -4.65. The maximum absolute atomic E-state index is 13.2. The van der Waals surface area contributed by atoms with Gasteiger partial charge in [0.25, 0.3) is 0 Å². The molecule has 0 aliphatic heterocycles.